The van der Waals surface area contributed by atoms with Crippen LogP contribution in [0.1, 0.15) is 37.9 Å². The fourth-order valence-electron chi connectivity index (χ4n) is 2.26. The molecule has 0 amide bonds. The molecule has 1 atom stereocenters. The Bertz CT molecular complexity index is 377. The largest absolute Gasteiger partial charge is 0.329 e. The molecule has 0 spiro atoms. The highest BCUT2D eigenvalue weighted by Gasteiger charge is 2.19. The van der Waals surface area contributed by atoms with Crippen LogP contribution in [0.15, 0.2) is 18.2 Å². The number of benzene rings is 1. The molecule has 0 aromatic heterocycles. The predicted molar refractivity (Wildman–Crippen MR) is 75.0 cm³/mol. The van der Waals surface area contributed by atoms with E-state index in [1.165, 1.54) is 0 Å². The number of likely N-dealkylation sites (N-methyl/N-ethyl adjacent to an activating group) is 1. The maximum Gasteiger partial charge on any atom is 0.126 e. The number of halogens is 1. The highest BCUT2D eigenvalue weighted by atomic mass is 19.1. The zero-order valence-corrected chi connectivity index (χ0v) is 11.9. The number of nitrogens with two attached hydrogens (primary N) is 1. The second kappa shape index (κ2) is 6.86. The van der Waals surface area contributed by atoms with Gasteiger partial charge in [-0.15, -0.1) is 0 Å². The molecule has 102 valence electrons. The van der Waals surface area contributed by atoms with Crippen LogP contribution in [0.25, 0.3) is 0 Å². The van der Waals surface area contributed by atoms with Gasteiger partial charge in [-0.25, -0.2) is 4.39 Å². The molecule has 3 heteroatoms. The molecule has 0 radical (unpaired) electrons. The number of aryl methyl sites for hydroxylation is 1. The van der Waals surface area contributed by atoms with E-state index in [0.29, 0.717) is 18.0 Å². The zero-order valence-electron chi connectivity index (χ0n) is 11.9. The predicted octanol–water partition coefficient (Wildman–Crippen LogP) is 3.11. The molecule has 0 aliphatic heterocycles. The maximum absolute atomic E-state index is 13.6. The summed E-state index contributed by atoms with van der Waals surface area (Å²) >= 11 is 0. The Morgan fingerprint density at radius 1 is 1.33 bits per heavy atom. The van der Waals surface area contributed by atoms with Crippen LogP contribution >= 0.6 is 0 Å². The van der Waals surface area contributed by atoms with Gasteiger partial charge in [0.05, 0.1) is 0 Å². The van der Waals surface area contributed by atoms with E-state index in [-0.39, 0.29) is 11.9 Å². The van der Waals surface area contributed by atoms with Crippen LogP contribution in [0, 0.1) is 18.7 Å². The Morgan fingerprint density at radius 3 is 2.44 bits per heavy atom. The van der Waals surface area contributed by atoms with E-state index in [0.717, 1.165) is 18.7 Å². The summed E-state index contributed by atoms with van der Waals surface area (Å²) < 4.78 is 13.6. The van der Waals surface area contributed by atoms with E-state index < -0.39 is 0 Å². The van der Waals surface area contributed by atoms with Crippen molar-refractivity contribution in [3.63, 3.8) is 0 Å². The van der Waals surface area contributed by atoms with Gasteiger partial charge in [-0.1, -0.05) is 32.9 Å². The number of nitrogens with zero attached hydrogens (tertiary/aromatic N) is 1. The van der Waals surface area contributed by atoms with Gasteiger partial charge in [-0.3, -0.25) is 4.90 Å². The Hall–Kier alpha value is -0.930. The molecule has 0 saturated carbocycles. The molecule has 1 unspecified atom stereocenters. The lowest BCUT2D eigenvalue weighted by molar-refractivity contribution is 0.189. The Balaban J connectivity index is 2.95. The molecule has 0 saturated heterocycles. The molecule has 18 heavy (non-hydrogen) atoms. The van der Waals surface area contributed by atoms with Gasteiger partial charge in [0.1, 0.15) is 5.82 Å². The summed E-state index contributed by atoms with van der Waals surface area (Å²) in [5.74, 6) is 0.431. The molecule has 2 nitrogen and oxygen atoms in total. The van der Waals surface area contributed by atoms with Crippen molar-refractivity contribution in [1.29, 1.82) is 0 Å². The normalized spacial score (nSPS) is 13.3. The molecule has 0 bridgehead atoms. The van der Waals surface area contributed by atoms with Crippen LogP contribution in [0.5, 0.6) is 0 Å². The zero-order chi connectivity index (χ0) is 13.7. The molecule has 1 aromatic carbocycles. The van der Waals surface area contributed by atoms with Crippen LogP contribution in [-0.2, 0) is 0 Å². The fraction of sp³-hybridized carbons (Fsp3) is 0.600. The molecule has 0 fully saturated rings. The van der Waals surface area contributed by atoms with E-state index in [1.807, 2.05) is 12.1 Å². The van der Waals surface area contributed by atoms with Gasteiger partial charge in [-0.2, -0.15) is 0 Å². The number of hydrogen-bond acceptors (Lipinski definition) is 2. The first-order valence-corrected chi connectivity index (χ1v) is 6.69. The van der Waals surface area contributed by atoms with Crippen LogP contribution < -0.4 is 5.73 Å². The molecular formula is C15H25FN2. The minimum absolute atomic E-state index is 0.104. The van der Waals surface area contributed by atoms with E-state index >= 15 is 0 Å². The smallest absolute Gasteiger partial charge is 0.126 e. The second-order valence-electron chi connectivity index (χ2n) is 5.24. The van der Waals surface area contributed by atoms with E-state index in [9.17, 15) is 4.39 Å². The molecule has 0 aliphatic rings. The lowest BCUT2D eigenvalue weighted by atomic mass is 10.0. The maximum atomic E-state index is 13.6. The van der Waals surface area contributed by atoms with Crippen LogP contribution in [0.2, 0.25) is 0 Å². The third-order valence-electron chi connectivity index (χ3n) is 3.25. The third-order valence-corrected chi connectivity index (χ3v) is 3.25. The molecular weight excluding hydrogens is 227 g/mol. The van der Waals surface area contributed by atoms with Gasteiger partial charge in [0.2, 0.25) is 0 Å². The average molecular weight is 252 g/mol. The number of rotatable bonds is 6. The van der Waals surface area contributed by atoms with Crippen molar-refractivity contribution >= 4 is 0 Å². The van der Waals surface area contributed by atoms with E-state index in [4.69, 9.17) is 5.73 Å². The van der Waals surface area contributed by atoms with Gasteiger partial charge in [-0.05, 0) is 36.6 Å². The molecule has 0 heterocycles. The fourth-order valence-corrected chi connectivity index (χ4v) is 2.26. The van der Waals surface area contributed by atoms with Crippen molar-refractivity contribution in [2.75, 3.05) is 19.6 Å². The second-order valence-corrected chi connectivity index (χ2v) is 5.24. The summed E-state index contributed by atoms with van der Waals surface area (Å²) in [4.78, 5) is 2.31. The summed E-state index contributed by atoms with van der Waals surface area (Å²) in [6.45, 7) is 10.7. The van der Waals surface area contributed by atoms with Gasteiger partial charge in [0.25, 0.3) is 0 Å². The van der Waals surface area contributed by atoms with Crippen molar-refractivity contribution < 1.29 is 4.39 Å². The minimum Gasteiger partial charge on any atom is -0.329 e. The first-order valence-electron chi connectivity index (χ1n) is 6.69. The highest BCUT2D eigenvalue weighted by molar-refractivity contribution is 5.26. The summed E-state index contributed by atoms with van der Waals surface area (Å²) in [6.07, 6.45) is 0. The summed E-state index contributed by atoms with van der Waals surface area (Å²) in [7, 11) is 0. The van der Waals surface area contributed by atoms with Crippen molar-refractivity contribution in [2.45, 2.75) is 33.7 Å². The molecule has 1 aromatic rings. The van der Waals surface area contributed by atoms with Crippen LogP contribution in [0.3, 0.4) is 0 Å². The van der Waals surface area contributed by atoms with Crippen molar-refractivity contribution in [2.24, 2.45) is 11.7 Å². The van der Waals surface area contributed by atoms with Gasteiger partial charge < -0.3 is 5.73 Å². The van der Waals surface area contributed by atoms with Crippen LogP contribution in [0.4, 0.5) is 4.39 Å². The van der Waals surface area contributed by atoms with E-state index in [1.54, 1.807) is 13.0 Å². The topological polar surface area (TPSA) is 29.3 Å². The molecule has 0 aliphatic carbocycles. The Kier molecular flexibility index (Phi) is 5.76. The summed E-state index contributed by atoms with van der Waals surface area (Å²) in [6, 6.07) is 5.54. The lowest BCUT2D eigenvalue weighted by Crippen LogP contribution is -2.36. The van der Waals surface area contributed by atoms with Crippen molar-refractivity contribution in [1.82, 2.24) is 4.90 Å². The summed E-state index contributed by atoms with van der Waals surface area (Å²) in [5, 5.41) is 0. The summed E-state index contributed by atoms with van der Waals surface area (Å²) in [5.41, 5.74) is 7.54. The van der Waals surface area contributed by atoms with Crippen molar-refractivity contribution in [3.8, 4) is 0 Å². The average Bonchev–Trinajstić information content (AvgIpc) is 2.32. The van der Waals surface area contributed by atoms with Crippen molar-refractivity contribution in [3.05, 3.63) is 35.1 Å². The van der Waals surface area contributed by atoms with Gasteiger partial charge in [0, 0.05) is 19.1 Å². The van der Waals surface area contributed by atoms with Gasteiger partial charge in [0.15, 0.2) is 0 Å². The Labute approximate surface area is 110 Å². The lowest BCUT2D eigenvalue weighted by Gasteiger charge is -2.31. The molecule has 1 rings (SSSR count). The first kappa shape index (κ1) is 15.1. The Morgan fingerprint density at radius 2 is 2.00 bits per heavy atom. The standard InChI is InChI=1S/C15H25FN2/c1-5-18(10-11(2)3)15(9-17)13-7-6-12(4)14(16)8-13/h6-8,11,15H,5,9-10,17H2,1-4H3. The quantitative estimate of drug-likeness (QED) is 0.843. The van der Waals surface area contributed by atoms with E-state index in [2.05, 4.69) is 25.7 Å². The third kappa shape index (κ3) is 3.79. The number of hydrogen-bond donors (Lipinski definition) is 1. The first-order chi connectivity index (χ1) is 8.49. The molecule has 2 N–H and O–H groups in total. The monoisotopic (exact) mass is 252 g/mol. The van der Waals surface area contributed by atoms with Gasteiger partial charge >= 0.3 is 0 Å². The van der Waals surface area contributed by atoms with Crippen LogP contribution in [-0.4, -0.2) is 24.5 Å². The SMILES string of the molecule is CCN(CC(C)C)C(CN)c1ccc(C)c(F)c1. The minimum atomic E-state index is -0.147. The highest BCUT2D eigenvalue weighted by Crippen LogP contribution is 2.22.